The zero-order valence-corrected chi connectivity index (χ0v) is 14.9. The molecule has 0 aromatic rings. The van der Waals surface area contributed by atoms with Crippen molar-refractivity contribution in [3.8, 4) is 0 Å². The number of rotatable bonds is 4. The molecule has 0 spiro atoms. The Bertz CT molecular complexity index is 431. The quantitative estimate of drug-likeness (QED) is 0.867. The smallest absolute Gasteiger partial charge is 0.225 e. The molecule has 1 aliphatic heterocycles. The van der Waals surface area contributed by atoms with Crippen molar-refractivity contribution in [1.82, 2.24) is 10.2 Å². The van der Waals surface area contributed by atoms with Gasteiger partial charge < -0.3 is 10.2 Å². The Morgan fingerprint density at radius 1 is 1.18 bits per heavy atom. The predicted octanol–water partition coefficient (Wildman–Crippen LogP) is 3.11. The summed E-state index contributed by atoms with van der Waals surface area (Å²) in [4.78, 5) is 26.7. The molecule has 2 aliphatic rings. The fourth-order valence-corrected chi connectivity index (χ4v) is 4.28. The van der Waals surface area contributed by atoms with E-state index in [2.05, 4.69) is 39.9 Å². The van der Waals surface area contributed by atoms with E-state index in [0.29, 0.717) is 19.0 Å². The Balaban J connectivity index is 1.92. The molecule has 0 aromatic carbocycles. The average molecular weight is 308 g/mol. The normalized spacial score (nSPS) is 24.1. The van der Waals surface area contributed by atoms with Gasteiger partial charge in [0.15, 0.2) is 0 Å². The van der Waals surface area contributed by atoms with Crippen LogP contribution in [0.2, 0.25) is 0 Å². The molecule has 4 nitrogen and oxygen atoms in total. The van der Waals surface area contributed by atoms with E-state index in [-0.39, 0.29) is 28.7 Å². The van der Waals surface area contributed by atoms with Crippen LogP contribution >= 0.6 is 0 Å². The lowest BCUT2D eigenvalue weighted by Crippen LogP contribution is -2.48. The topological polar surface area (TPSA) is 49.4 Å². The lowest BCUT2D eigenvalue weighted by molar-refractivity contribution is -0.130. The molecule has 1 atom stereocenters. The fraction of sp³-hybridized carbons (Fsp3) is 0.889. The van der Waals surface area contributed by atoms with Crippen molar-refractivity contribution in [2.75, 3.05) is 6.54 Å². The summed E-state index contributed by atoms with van der Waals surface area (Å²) >= 11 is 0. The van der Waals surface area contributed by atoms with E-state index in [0.717, 1.165) is 19.3 Å². The summed E-state index contributed by atoms with van der Waals surface area (Å²) in [7, 11) is 0. The first-order chi connectivity index (χ1) is 10.1. The van der Waals surface area contributed by atoms with E-state index in [1.165, 1.54) is 12.8 Å². The van der Waals surface area contributed by atoms with E-state index >= 15 is 0 Å². The molecule has 22 heavy (non-hydrogen) atoms. The van der Waals surface area contributed by atoms with Crippen molar-refractivity contribution in [2.24, 2.45) is 11.3 Å². The molecule has 4 heteroatoms. The Morgan fingerprint density at radius 2 is 1.77 bits per heavy atom. The van der Waals surface area contributed by atoms with E-state index in [1.54, 1.807) is 0 Å². The summed E-state index contributed by atoms with van der Waals surface area (Å²) < 4.78 is 0. The van der Waals surface area contributed by atoms with Crippen molar-refractivity contribution < 1.29 is 9.59 Å². The molecule has 1 heterocycles. The van der Waals surface area contributed by atoms with Crippen LogP contribution in [0.5, 0.6) is 0 Å². The van der Waals surface area contributed by atoms with Gasteiger partial charge in [0.05, 0.1) is 5.92 Å². The van der Waals surface area contributed by atoms with Crippen LogP contribution < -0.4 is 5.32 Å². The van der Waals surface area contributed by atoms with Gasteiger partial charge in [-0.1, -0.05) is 33.6 Å². The molecule has 2 fully saturated rings. The molecule has 0 unspecified atom stereocenters. The maximum atomic E-state index is 12.6. The van der Waals surface area contributed by atoms with Gasteiger partial charge in [-0.2, -0.15) is 0 Å². The SMILES string of the molecule is CC(C)(C)CC(C)(C)NC(=O)[C@H]1CC(=O)N(C2CCCC2)C1. The number of hydrogen-bond donors (Lipinski definition) is 1. The number of nitrogens with zero attached hydrogens (tertiary/aromatic N) is 1. The van der Waals surface area contributed by atoms with Crippen LogP contribution in [0.25, 0.3) is 0 Å². The van der Waals surface area contributed by atoms with E-state index in [1.807, 2.05) is 4.90 Å². The molecule has 1 saturated heterocycles. The number of amides is 2. The average Bonchev–Trinajstić information content (AvgIpc) is 2.92. The molecule has 1 aliphatic carbocycles. The van der Waals surface area contributed by atoms with Gasteiger partial charge in [0.1, 0.15) is 0 Å². The van der Waals surface area contributed by atoms with Crippen molar-refractivity contribution >= 4 is 11.8 Å². The molecular formula is C18H32N2O2. The number of likely N-dealkylation sites (tertiary alicyclic amines) is 1. The lowest BCUT2D eigenvalue weighted by Gasteiger charge is -2.34. The Labute approximate surface area is 135 Å². The Hall–Kier alpha value is -1.06. The van der Waals surface area contributed by atoms with Gasteiger partial charge in [0.2, 0.25) is 11.8 Å². The summed E-state index contributed by atoms with van der Waals surface area (Å²) in [6, 6.07) is 0.382. The first-order valence-electron chi connectivity index (χ1n) is 8.69. The van der Waals surface area contributed by atoms with Crippen LogP contribution in [0.15, 0.2) is 0 Å². The predicted molar refractivity (Wildman–Crippen MR) is 88.4 cm³/mol. The van der Waals surface area contributed by atoms with Crippen molar-refractivity contribution in [1.29, 1.82) is 0 Å². The highest BCUT2D eigenvalue weighted by atomic mass is 16.2. The van der Waals surface area contributed by atoms with Gasteiger partial charge in [-0.25, -0.2) is 0 Å². The first-order valence-corrected chi connectivity index (χ1v) is 8.69. The number of nitrogens with one attached hydrogen (secondary N) is 1. The molecule has 0 aromatic heterocycles. The van der Waals surface area contributed by atoms with E-state index in [4.69, 9.17) is 0 Å². The van der Waals surface area contributed by atoms with Crippen molar-refractivity contribution in [3.05, 3.63) is 0 Å². The van der Waals surface area contributed by atoms with Crippen LogP contribution in [0.3, 0.4) is 0 Å². The maximum absolute atomic E-state index is 12.6. The molecule has 1 saturated carbocycles. The molecule has 2 rings (SSSR count). The van der Waals surface area contributed by atoms with Gasteiger partial charge >= 0.3 is 0 Å². The van der Waals surface area contributed by atoms with Crippen LogP contribution in [0.4, 0.5) is 0 Å². The molecule has 0 radical (unpaired) electrons. The van der Waals surface area contributed by atoms with Gasteiger partial charge in [-0.05, 0) is 38.5 Å². The van der Waals surface area contributed by atoms with Crippen LogP contribution in [0, 0.1) is 11.3 Å². The highest BCUT2D eigenvalue weighted by molar-refractivity contribution is 5.89. The first kappa shape index (κ1) is 17.3. The zero-order chi connectivity index (χ0) is 16.5. The van der Waals surface area contributed by atoms with Crippen LogP contribution in [-0.2, 0) is 9.59 Å². The third-order valence-corrected chi connectivity index (χ3v) is 4.73. The van der Waals surface area contributed by atoms with Crippen LogP contribution in [-0.4, -0.2) is 34.8 Å². The van der Waals surface area contributed by atoms with Crippen molar-refractivity contribution in [2.45, 2.75) is 84.7 Å². The third kappa shape index (κ3) is 4.47. The fourth-order valence-electron chi connectivity index (χ4n) is 4.28. The van der Waals surface area contributed by atoms with Crippen molar-refractivity contribution in [3.63, 3.8) is 0 Å². The third-order valence-electron chi connectivity index (χ3n) is 4.73. The molecule has 1 N–H and O–H groups in total. The highest BCUT2D eigenvalue weighted by Crippen LogP contribution is 2.31. The second kappa shape index (κ2) is 6.21. The Morgan fingerprint density at radius 3 is 2.32 bits per heavy atom. The minimum absolute atomic E-state index is 0.0445. The second-order valence-corrected chi connectivity index (χ2v) is 9.00. The summed E-state index contributed by atoms with van der Waals surface area (Å²) in [6.07, 6.45) is 5.94. The number of carbonyl (C=O) groups is 2. The number of hydrogen-bond acceptors (Lipinski definition) is 2. The molecule has 0 bridgehead atoms. The van der Waals surface area contributed by atoms with E-state index in [9.17, 15) is 9.59 Å². The Kier molecular flexibility index (Phi) is 4.88. The monoisotopic (exact) mass is 308 g/mol. The van der Waals surface area contributed by atoms with Crippen LogP contribution in [0.1, 0.15) is 73.1 Å². The highest BCUT2D eigenvalue weighted by Gasteiger charge is 2.40. The van der Waals surface area contributed by atoms with Gasteiger partial charge in [-0.3, -0.25) is 9.59 Å². The minimum atomic E-state index is -0.237. The largest absolute Gasteiger partial charge is 0.351 e. The molecule has 2 amide bonds. The summed E-state index contributed by atoms with van der Waals surface area (Å²) in [5.41, 5.74) is -0.0721. The maximum Gasteiger partial charge on any atom is 0.225 e. The minimum Gasteiger partial charge on any atom is -0.351 e. The van der Waals surface area contributed by atoms with Gasteiger partial charge in [0.25, 0.3) is 0 Å². The summed E-state index contributed by atoms with van der Waals surface area (Å²) in [5, 5.41) is 3.17. The number of carbonyl (C=O) groups excluding carboxylic acids is 2. The summed E-state index contributed by atoms with van der Waals surface area (Å²) in [5.74, 6) is 0.0381. The van der Waals surface area contributed by atoms with Gasteiger partial charge in [0, 0.05) is 24.5 Å². The van der Waals surface area contributed by atoms with E-state index < -0.39 is 0 Å². The molecular weight excluding hydrogens is 276 g/mol. The standard InChI is InChI=1S/C18H32N2O2/c1-17(2,3)12-18(4,5)19-16(22)13-10-15(21)20(11-13)14-8-6-7-9-14/h13-14H,6-12H2,1-5H3,(H,19,22)/t13-/m0/s1. The summed E-state index contributed by atoms with van der Waals surface area (Å²) in [6.45, 7) is 11.3. The van der Waals surface area contributed by atoms with Gasteiger partial charge in [-0.15, -0.1) is 0 Å². The lowest BCUT2D eigenvalue weighted by atomic mass is 9.81. The zero-order valence-electron chi connectivity index (χ0n) is 14.9. The molecule has 126 valence electrons. The second-order valence-electron chi connectivity index (χ2n) is 9.00.